The first-order valence-electron chi connectivity index (χ1n) is 7.37. The number of ether oxygens (including phenoxy) is 1. The predicted octanol–water partition coefficient (Wildman–Crippen LogP) is 1.99. The molecule has 1 aliphatic heterocycles. The SMILES string of the molecule is CC(=O)N(C)[C@@H]1CN(c2ccc(-c3nccn3C)c(F)c2)C(=O)O1. The van der Waals surface area contributed by atoms with E-state index in [-0.39, 0.29) is 12.5 Å². The molecule has 1 fully saturated rings. The number of halogens is 1. The number of hydrogen-bond donors (Lipinski definition) is 0. The minimum absolute atomic E-state index is 0.149. The van der Waals surface area contributed by atoms with Gasteiger partial charge in [-0.15, -0.1) is 0 Å². The van der Waals surface area contributed by atoms with Crippen molar-refractivity contribution in [3.8, 4) is 11.4 Å². The Morgan fingerprint density at radius 2 is 2.21 bits per heavy atom. The highest BCUT2D eigenvalue weighted by atomic mass is 19.1. The second-order valence-corrected chi connectivity index (χ2v) is 5.60. The average molecular weight is 332 g/mol. The summed E-state index contributed by atoms with van der Waals surface area (Å²) in [5, 5.41) is 0. The summed E-state index contributed by atoms with van der Waals surface area (Å²) in [5.74, 6) is -0.207. The quantitative estimate of drug-likeness (QED) is 0.862. The number of carbonyl (C=O) groups is 2. The minimum Gasteiger partial charge on any atom is -0.423 e. The maximum Gasteiger partial charge on any atom is 0.416 e. The lowest BCUT2D eigenvalue weighted by Gasteiger charge is -2.20. The molecule has 0 bridgehead atoms. The molecule has 1 saturated heterocycles. The molecule has 3 rings (SSSR count). The maximum atomic E-state index is 14.5. The minimum atomic E-state index is -0.688. The molecule has 24 heavy (non-hydrogen) atoms. The number of nitrogens with zero attached hydrogens (tertiary/aromatic N) is 4. The largest absolute Gasteiger partial charge is 0.423 e. The summed E-state index contributed by atoms with van der Waals surface area (Å²) >= 11 is 0. The van der Waals surface area contributed by atoms with E-state index < -0.39 is 18.1 Å². The van der Waals surface area contributed by atoms with Gasteiger partial charge in [0.2, 0.25) is 5.91 Å². The van der Waals surface area contributed by atoms with Crippen molar-refractivity contribution in [2.75, 3.05) is 18.5 Å². The summed E-state index contributed by atoms with van der Waals surface area (Å²) in [6.45, 7) is 1.54. The highest BCUT2D eigenvalue weighted by molar-refractivity contribution is 5.90. The molecule has 0 N–H and O–H groups in total. The number of carbonyl (C=O) groups excluding carboxylic acids is 2. The van der Waals surface area contributed by atoms with Crippen LogP contribution in [0.3, 0.4) is 0 Å². The Balaban J connectivity index is 1.86. The number of amides is 2. The van der Waals surface area contributed by atoms with Crippen molar-refractivity contribution in [2.24, 2.45) is 7.05 Å². The lowest BCUT2D eigenvalue weighted by Crippen LogP contribution is -2.38. The standard InChI is InChI=1S/C16H17FN4O3/c1-10(22)20(3)14-9-21(16(23)24-14)11-4-5-12(13(17)8-11)15-18-6-7-19(15)2/h4-8,14H,9H2,1-3H3/t14-/m0/s1. The van der Waals surface area contributed by atoms with Crippen LogP contribution in [0, 0.1) is 5.82 Å². The molecule has 0 unspecified atom stereocenters. The molecule has 8 heteroatoms. The summed E-state index contributed by atoms with van der Waals surface area (Å²) in [7, 11) is 3.32. The zero-order chi connectivity index (χ0) is 17.4. The Hall–Kier alpha value is -2.90. The van der Waals surface area contributed by atoms with Crippen LogP contribution in [0.25, 0.3) is 11.4 Å². The summed E-state index contributed by atoms with van der Waals surface area (Å²) in [6, 6.07) is 4.47. The summed E-state index contributed by atoms with van der Waals surface area (Å²) in [5.41, 5.74) is 0.714. The summed E-state index contributed by atoms with van der Waals surface area (Å²) in [4.78, 5) is 30.2. The van der Waals surface area contributed by atoms with E-state index in [0.717, 1.165) is 0 Å². The number of cyclic esters (lactones) is 1. The van der Waals surface area contributed by atoms with Gasteiger partial charge in [0.15, 0.2) is 6.23 Å². The maximum absolute atomic E-state index is 14.5. The smallest absolute Gasteiger partial charge is 0.416 e. The van der Waals surface area contributed by atoms with Gasteiger partial charge in [-0.1, -0.05) is 0 Å². The molecular formula is C16H17FN4O3. The van der Waals surface area contributed by atoms with Crippen molar-refractivity contribution in [1.29, 1.82) is 0 Å². The number of imidazole rings is 1. The van der Waals surface area contributed by atoms with E-state index in [9.17, 15) is 14.0 Å². The van der Waals surface area contributed by atoms with E-state index in [1.165, 1.54) is 22.8 Å². The fourth-order valence-corrected chi connectivity index (χ4v) is 2.54. The van der Waals surface area contributed by atoms with E-state index in [0.29, 0.717) is 17.1 Å². The Labute approximate surface area is 138 Å². The van der Waals surface area contributed by atoms with E-state index in [1.54, 1.807) is 43.2 Å². The number of aryl methyl sites for hydroxylation is 1. The Morgan fingerprint density at radius 3 is 2.79 bits per heavy atom. The van der Waals surface area contributed by atoms with Gasteiger partial charge in [-0.2, -0.15) is 0 Å². The van der Waals surface area contributed by atoms with Crippen LogP contribution in [0.15, 0.2) is 30.6 Å². The number of benzene rings is 1. The molecule has 0 aliphatic carbocycles. The van der Waals surface area contributed by atoms with Gasteiger partial charge in [-0.3, -0.25) is 9.69 Å². The number of hydrogen-bond acceptors (Lipinski definition) is 4. The number of likely N-dealkylation sites (N-methyl/N-ethyl adjacent to an activating group) is 1. The molecular weight excluding hydrogens is 315 g/mol. The molecule has 2 heterocycles. The molecule has 1 atom stereocenters. The highest BCUT2D eigenvalue weighted by Gasteiger charge is 2.36. The molecule has 1 aromatic carbocycles. The van der Waals surface area contributed by atoms with Crippen molar-refractivity contribution in [2.45, 2.75) is 13.2 Å². The second-order valence-electron chi connectivity index (χ2n) is 5.60. The van der Waals surface area contributed by atoms with E-state index in [2.05, 4.69) is 4.98 Å². The molecule has 2 amide bonds. The van der Waals surface area contributed by atoms with Crippen molar-refractivity contribution in [3.63, 3.8) is 0 Å². The zero-order valence-corrected chi connectivity index (χ0v) is 13.6. The molecule has 1 aromatic heterocycles. The predicted molar refractivity (Wildman–Crippen MR) is 84.7 cm³/mol. The first-order chi connectivity index (χ1) is 11.4. The van der Waals surface area contributed by atoms with E-state index in [1.807, 2.05) is 0 Å². The van der Waals surface area contributed by atoms with Crippen molar-refractivity contribution in [3.05, 3.63) is 36.4 Å². The van der Waals surface area contributed by atoms with Gasteiger partial charge >= 0.3 is 6.09 Å². The van der Waals surface area contributed by atoms with Crippen LogP contribution in [0.2, 0.25) is 0 Å². The first kappa shape index (κ1) is 16.0. The van der Waals surface area contributed by atoms with Gasteiger partial charge in [-0.05, 0) is 18.2 Å². The summed E-state index contributed by atoms with van der Waals surface area (Å²) < 4.78 is 21.3. The van der Waals surface area contributed by atoms with Gasteiger partial charge in [0.25, 0.3) is 0 Å². The Bertz CT molecular complexity index is 804. The van der Waals surface area contributed by atoms with Crippen LogP contribution >= 0.6 is 0 Å². The fraction of sp³-hybridized carbons (Fsp3) is 0.312. The van der Waals surface area contributed by atoms with E-state index in [4.69, 9.17) is 4.74 Å². The normalized spacial score (nSPS) is 17.1. The second kappa shape index (κ2) is 5.95. The van der Waals surface area contributed by atoms with Crippen molar-refractivity contribution in [1.82, 2.24) is 14.5 Å². The van der Waals surface area contributed by atoms with Crippen molar-refractivity contribution >= 4 is 17.7 Å². The zero-order valence-electron chi connectivity index (χ0n) is 13.6. The summed E-state index contributed by atoms with van der Waals surface area (Å²) in [6.07, 6.45) is 2.01. The average Bonchev–Trinajstić information content (AvgIpc) is 3.12. The topological polar surface area (TPSA) is 67.7 Å². The van der Waals surface area contributed by atoms with Crippen LogP contribution in [-0.4, -0.2) is 46.3 Å². The van der Waals surface area contributed by atoms with Crippen molar-refractivity contribution < 1.29 is 18.7 Å². The number of anilines is 1. The van der Waals surface area contributed by atoms with Gasteiger partial charge in [0, 0.05) is 33.4 Å². The van der Waals surface area contributed by atoms with Crippen LogP contribution in [0.4, 0.5) is 14.9 Å². The third-order valence-corrected chi connectivity index (χ3v) is 4.05. The third-order valence-electron chi connectivity index (χ3n) is 4.05. The monoisotopic (exact) mass is 332 g/mol. The number of aromatic nitrogens is 2. The lowest BCUT2D eigenvalue weighted by atomic mass is 10.1. The third kappa shape index (κ3) is 2.70. The van der Waals surface area contributed by atoms with Gasteiger partial charge in [0.05, 0.1) is 17.8 Å². The Morgan fingerprint density at radius 1 is 1.46 bits per heavy atom. The fourth-order valence-electron chi connectivity index (χ4n) is 2.54. The number of rotatable bonds is 3. The van der Waals surface area contributed by atoms with Crippen LogP contribution in [-0.2, 0) is 16.6 Å². The molecule has 0 radical (unpaired) electrons. The molecule has 1 aliphatic rings. The van der Waals surface area contributed by atoms with Crippen LogP contribution in [0.1, 0.15) is 6.92 Å². The molecule has 2 aromatic rings. The Kier molecular flexibility index (Phi) is 3.96. The van der Waals surface area contributed by atoms with Gasteiger partial charge < -0.3 is 14.2 Å². The van der Waals surface area contributed by atoms with Crippen LogP contribution < -0.4 is 4.90 Å². The first-order valence-corrected chi connectivity index (χ1v) is 7.37. The molecule has 0 saturated carbocycles. The molecule has 126 valence electrons. The van der Waals surface area contributed by atoms with Crippen LogP contribution in [0.5, 0.6) is 0 Å². The van der Waals surface area contributed by atoms with Gasteiger partial charge in [0.1, 0.15) is 11.6 Å². The lowest BCUT2D eigenvalue weighted by molar-refractivity contribution is -0.134. The highest BCUT2D eigenvalue weighted by Crippen LogP contribution is 2.28. The van der Waals surface area contributed by atoms with E-state index >= 15 is 0 Å². The van der Waals surface area contributed by atoms with Gasteiger partial charge in [-0.25, -0.2) is 14.2 Å². The molecule has 7 nitrogen and oxygen atoms in total. The molecule has 0 spiro atoms.